The maximum absolute atomic E-state index is 5.34. The van der Waals surface area contributed by atoms with E-state index in [1.165, 1.54) is 43.4 Å². The topological polar surface area (TPSA) is 55.1 Å². The largest absolute Gasteiger partial charge is 0.448 e. The number of fused-ring (bicyclic) bond motifs is 1. The van der Waals surface area contributed by atoms with E-state index in [-0.39, 0.29) is 0 Å². The Morgan fingerprint density at radius 2 is 2.09 bits per heavy atom. The molecule has 2 aromatic heterocycles. The Kier molecular flexibility index (Phi) is 3.89. The lowest BCUT2D eigenvalue weighted by molar-refractivity contribution is 0.218. The smallest absolute Gasteiger partial charge is 0.208 e. The summed E-state index contributed by atoms with van der Waals surface area (Å²) in [7, 11) is 0. The van der Waals surface area contributed by atoms with Crippen molar-refractivity contribution in [3.63, 3.8) is 0 Å². The lowest BCUT2D eigenvalue weighted by atomic mass is 9.88. The van der Waals surface area contributed by atoms with Crippen LogP contribution in [0.15, 0.2) is 23.1 Å². The molecule has 0 N–H and O–H groups in total. The van der Waals surface area contributed by atoms with Crippen molar-refractivity contribution in [1.82, 2.24) is 19.9 Å². The van der Waals surface area contributed by atoms with Crippen LogP contribution in [0.1, 0.15) is 61.0 Å². The first-order valence-electron chi connectivity index (χ1n) is 8.34. The van der Waals surface area contributed by atoms with E-state index < -0.39 is 0 Å². The fraction of sp³-hybridized carbons (Fsp3) is 0.588. The van der Waals surface area contributed by atoms with Gasteiger partial charge in [0.25, 0.3) is 0 Å². The van der Waals surface area contributed by atoms with Crippen molar-refractivity contribution in [2.75, 3.05) is 6.54 Å². The highest BCUT2D eigenvalue weighted by Crippen LogP contribution is 2.31. The number of oxazole rings is 1. The molecular formula is C17H22N4O. The zero-order chi connectivity index (χ0) is 14.8. The summed E-state index contributed by atoms with van der Waals surface area (Å²) in [6.07, 6.45) is 12.9. The van der Waals surface area contributed by atoms with Crippen LogP contribution in [0.4, 0.5) is 0 Å². The highest BCUT2D eigenvalue weighted by Gasteiger charge is 2.23. The van der Waals surface area contributed by atoms with Gasteiger partial charge in [-0.2, -0.15) is 0 Å². The standard InChI is InChI=1S/C17H22N4O/c1-2-4-13(5-3-1)17-19-10-14-11-21(8-6-15(14)20-17)12-16-18-7-9-22-16/h7,9-10,13H,1-6,8,11-12H2. The second kappa shape index (κ2) is 6.16. The third-order valence-electron chi connectivity index (χ3n) is 4.84. The summed E-state index contributed by atoms with van der Waals surface area (Å²) in [5, 5.41) is 0. The van der Waals surface area contributed by atoms with Crippen LogP contribution >= 0.6 is 0 Å². The predicted molar refractivity (Wildman–Crippen MR) is 82.2 cm³/mol. The Labute approximate surface area is 130 Å². The molecule has 1 aliphatic carbocycles. The molecule has 3 heterocycles. The first-order chi connectivity index (χ1) is 10.9. The van der Waals surface area contributed by atoms with Crippen molar-refractivity contribution in [3.8, 4) is 0 Å². The maximum atomic E-state index is 5.34. The highest BCUT2D eigenvalue weighted by atomic mass is 16.3. The lowest BCUT2D eigenvalue weighted by Crippen LogP contribution is -2.31. The molecule has 0 radical (unpaired) electrons. The van der Waals surface area contributed by atoms with Gasteiger partial charge in [0.1, 0.15) is 12.1 Å². The molecule has 22 heavy (non-hydrogen) atoms. The summed E-state index contributed by atoms with van der Waals surface area (Å²) in [5.41, 5.74) is 2.51. The average Bonchev–Trinajstić information content (AvgIpc) is 3.08. The Morgan fingerprint density at radius 1 is 1.18 bits per heavy atom. The molecule has 2 aromatic rings. The molecule has 5 nitrogen and oxygen atoms in total. The first kappa shape index (κ1) is 13.9. The number of nitrogens with zero attached hydrogens (tertiary/aromatic N) is 4. The Balaban J connectivity index is 1.46. The quantitative estimate of drug-likeness (QED) is 0.871. The van der Waals surface area contributed by atoms with E-state index in [0.717, 1.165) is 37.8 Å². The zero-order valence-electron chi connectivity index (χ0n) is 12.9. The first-order valence-corrected chi connectivity index (χ1v) is 8.34. The zero-order valence-corrected chi connectivity index (χ0v) is 12.9. The SMILES string of the molecule is c1coc(CN2CCc3nc(C4CCCCC4)ncc3C2)n1. The van der Waals surface area contributed by atoms with E-state index in [1.54, 1.807) is 12.5 Å². The van der Waals surface area contributed by atoms with Gasteiger partial charge in [-0.25, -0.2) is 15.0 Å². The van der Waals surface area contributed by atoms with Crippen LogP contribution < -0.4 is 0 Å². The minimum atomic E-state index is 0.587. The summed E-state index contributed by atoms with van der Waals surface area (Å²) >= 11 is 0. The summed E-state index contributed by atoms with van der Waals surface area (Å²) in [5.74, 6) is 2.45. The number of hydrogen-bond donors (Lipinski definition) is 0. The molecule has 1 saturated carbocycles. The molecule has 116 valence electrons. The van der Waals surface area contributed by atoms with E-state index in [0.29, 0.717) is 5.92 Å². The van der Waals surface area contributed by atoms with E-state index in [9.17, 15) is 0 Å². The van der Waals surface area contributed by atoms with Gasteiger partial charge in [0, 0.05) is 42.9 Å². The second-order valence-corrected chi connectivity index (χ2v) is 6.42. The normalized spacial score (nSPS) is 20.0. The van der Waals surface area contributed by atoms with Gasteiger partial charge in [-0.15, -0.1) is 0 Å². The fourth-order valence-electron chi connectivity index (χ4n) is 3.60. The molecule has 0 aromatic carbocycles. The highest BCUT2D eigenvalue weighted by molar-refractivity contribution is 5.21. The maximum Gasteiger partial charge on any atom is 0.208 e. The Morgan fingerprint density at radius 3 is 2.91 bits per heavy atom. The van der Waals surface area contributed by atoms with Gasteiger partial charge in [0.05, 0.1) is 12.7 Å². The molecule has 0 spiro atoms. The van der Waals surface area contributed by atoms with Crippen molar-refractivity contribution in [3.05, 3.63) is 41.6 Å². The van der Waals surface area contributed by atoms with Crippen LogP contribution in [-0.2, 0) is 19.5 Å². The monoisotopic (exact) mass is 298 g/mol. The van der Waals surface area contributed by atoms with E-state index in [2.05, 4.69) is 14.9 Å². The number of aromatic nitrogens is 3. The molecular weight excluding hydrogens is 276 g/mol. The van der Waals surface area contributed by atoms with Gasteiger partial charge in [0.2, 0.25) is 5.89 Å². The summed E-state index contributed by atoms with van der Waals surface area (Å²) in [6, 6.07) is 0. The van der Waals surface area contributed by atoms with Crippen LogP contribution in [-0.4, -0.2) is 26.4 Å². The fourth-order valence-corrected chi connectivity index (χ4v) is 3.60. The van der Waals surface area contributed by atoms with E-state index in [4.69, 9.17) is 9.40 Å². The van der Waals surface area contributed by atoms with Crippen LogP contribution in [0, 0.1) is 0 Å². The predicted octanol–water partition coefficient (Wildman–Crippen LogP) is 3.07. The number of rotatable bonds is 3. The summed E-state index contributed by atoms with van der Waals surface area (Å²) < 4.78 is 5.34. The van der Waals surface area contributed by atoms with Gasteiger partial charge >= 0.3 is 0 Å². The van der Waals surface area contributed by atoms with Crippen molar-refractivity contribution < 1.29 is 4.42 Å². The second-order valence-electron chi connectivity index (χ2n) is 6.42. The van der Waals surface area contributed by atoms with Crippen LogP contribution in [0.25, 0.3) is 0 Å². The summed E-state index contributed by atoms with van der Waals surface area (Å²) in [6.45, 7) is 2.66. The van der Waals surface area contributed by atoms with E-state index in [1.807, 2.05) is 6.20 Å². The molecule has 4 rings (SSSR count). The summed E-state index contributed by atoms with van der Waals surface area (Å²) in [4.78, 5) is 16.1. The molecule has 0 amide bonds. The molecule has 1 aliphatic heterocycles. The van der Waals surface area contributed by atoms with Gasteiger partial charge in [-0.05, 0) is 12.8 Å². The minimum absolute atomic E-state index is 0.587. The van der Waals surface area contributed by atoms with Crippen LogP contribution in [0.3, 0.4) is 0 Å². The molecule has 5 heteroatoms. The average molecular weight is 298 g/mol. The number of hydrogen-bond acceptors (Lipinski definition) is 5. The van der Waals surface area contributed by atoms with E-state index >= 15 is 0 Å². The third kappa shape index (κ3) is 2.90. The third-order valence-corrected chi connectivity index (χ3v) is 4.84. The lowest BCUT2D eigenvalue weighted by Gasteiger charge is -2.28. The molecule has 0 bridgehead atoms. The van der Waals surface area contributed by atoms with Crippen molar-refractivity contribution >= 4 is 0 Å². The van der Waals surface area contributed by atoms with Crippen LogP contribution in [0.2, 0.25) is 0 Å². The van der Waals surface area contributed by atoms with Crippen molar-refractivity contribution in [2.24, 2.45) is 0 Å². The molecule has 0 unspecified atom stereocenters. The Hall–Kier alpha value is -1.75. The van der Waals surface area contributed by atoms with Crippen LogP contribution in [0.5, 0.6) is 0 Å². The molecule has 1 fully saturated rings. The van der Waals surface area contributed by atoms with Gasteiger partial charge in [-0.1, -0.05) is 19.3 Å². The minimum Gasteiger partial charge on any atom is -0.448 e. The molecule has 0 atom stereocenters. The van der Waals surface area contributed by atoms with Gasteiger partial charge in [0.15, 0.2) is 0 Å². The van der Waals surface area contributed by atoms with Crippen molar-refractivity contribution in [1.29, 1.82) is 0 Å². The van der Waals surface area contributed by atoms with Gasteiger partial charge in [-0.3, -0.25) is 4.90 Å². The van der Waals surface area contributed by atoms with Crippen molar-refractivity contribution in [2.45, 2.75) is 57.5 Å². The van der Waals surface area contributed by atoms with Gasteiger partial charge < -0.3 is 4.42 Å². The Bertz CT molecular complexity index is 620. The molecule has 0 saturated heterocycles. The molecule has 2 aliphatic rings.